The van der Waals surface area contributed by atoms with Crippen molar-refractivity contribution >= 4 is 16.9 Å². The third-order valence-electron chi connectivity index (χ3n) is 4.27. The van der Waals surface area contributed by atoms with Crippen molar-refractivity contribution in [1.29, 1.82) is 0 Å². The van der Waals surface area contributed by atoms with Gasteiger partial charge in [0, 0.05) is 17.7 Å². The molecule has 0 saturated carbocycles. The quantitative estimate of drug-likeness (QED) is 0.388. The summed E-state index contributed by atoms with van der Waals surface area (Å²) in [5, 5.41) is 18.5. The molecule has 4 rings (SSSR count). The molecule has 0 radical (unpaired) electrons. The normalized spacial score (nSPS) is 11.0. The first-order valence-corrected chi connectivity index (χ1v) is 8.28. The van der Waals surface area contributed by atoms with Crippen LogP contribution in [0.2, 0.25) is 0 Å². The number of fused-ring (bicyclic) bond motifs is 1. The Morgan fingerprint density at radius 2 is 1.82 bits per heavy atom. The fourth-order valence-corrected chi connectivity index (χ4v) is 2.81. The van der Waals surface area contributed by atoms with Crippen molar-refractivity contribution in [3.8, 4) is 0 Å². The highest BCUT2D eigenvalue weighted by Gasteiger charge is 2.14. The minimum Gasteiger partial charge on any atom is -0.293 e. The lowest BCUT2D eigenvalue weighted by molar-refractivity contribution is -0.384. The lowest BCUT2D eigenvalue weighted by Crippen LogP contribution is -2.21. The van der Waals surface area contributed by atoms with Crippen LogP contribution in [0.4, 0.5) is 10.1 Å². The average molecular weight is 380 g/mol. The van der Waals surface area contributed by atoms with E-state index in [2.05, 4.69) is 15.3 Å². The summed E-state index contributed by atoms with van der Waals surface area (Å²) in [5.41, 5.74) is 1.01. The molecule has 10 heteroatoms. The SMILES string of the molecule is O=c1c2nnn(Cc3ccccc3F)c2ncn1Cc1ccc([N+](=O)[O-])cc1. The summed E-state index contributed by atoms with van der Waals surface area (Å²) >= 11 is 0. The number of hydrogen-bond donors (Lipinski definition) is 0. The summed E-state index contributed by atoms with van der Waals surface area (Å²) in [4.78, 5) is 27.1. The summed E-state index contributed by atoms with van der Waals surface area (Å²) in [6.07, 6.45) is 1.35. The van der Waals surface area contributed by atoms with Crippen LogP contribution in [-0.4, -0.2) is 29.5 Å². The summed E-state index contributed by atoms with van der Waals surface area (Å²) in [6, 6.07) is 12.2. The van der Waals surface area contributed by atoms with Gasteiger partial charge in [0.2, 0.25) is 0 Å². The van der Waals surface area contributed by atoms with Crippen LogP contribution in [0.15, 0.2) is 59.7 Å². The molecular weight excluding hydrogens is 367 g/mol. The Labute approximate surface area is 156 Å². The summed E-state index contributed by atoms with van der Waals surface area (Å²) in [5.74, 6) is -0.377. The molecule has 0 amide bonds. The smallest absolute Gasteiger partial charge is 0.283 e. The van der Waals surface area contributed by atoms with E-state index in [1.165, 1.54) is 33.8 Å². The Balaban J connectivity index is 1.64. The van der Waals surface area contributed by atoms with Gasteiger partial charge in [-0.2, -0.15) is 0 Å². The second kappa shape index (κ2) is 6.99. The van der Waals surface area contributed by atoms with Gasteiger partial charge in [-0.05, 0) is 11.6 Å². The van der Waals surface area contributed by atoms with Crippen molar-refractivity contribution < 1.29 is 9.31 Å². The van der Waals surface area contributed by atoms with Gasteiger partial charge in [-0.25, -0.2) is 14.1 Å². The van der Waals surface area contributed by atoms with Crippen molar-refractivity contribution in [3.05, 3.63) is 92.3 Å². The van der Waals surface area contributed by atoms with Crippen molar-refractivity contribution in [2.45, 2.75) is 13.1 Å². The first kappa shape index (κ1) is 17.5. The van der Waals surface area contributed by atoms with Crippen molar-refractivity contribution in [2.75, 3.05) is 0 Å². The Morgan fingerprint density at radius 1 is 1.07 bits per heavy atom. The largest absolute Gasteiger partial charge is 0.293 e. The fraction of sp³-hybridized carbons (Fsp3) is 0.111. The number of rotatable bonds is 5. The number of aromatic nitrogens is 5. The van der Waals surface area contributed by atoms with E-state index in [0.29, 0.717) is 11.1 Å². The highest BCUT2D eigenvalue weighted by Crippen LogP contribution is 2.13. The molecule has 0 fully saturated rings. The number of hydrogen-bond acceptors (Lipinski definition) is 6. The van der Waals surface area contributed by atoms with Gasteiger partial charge in [0.25, 0.3) is 11.2 Å². The van der Waals surface area contributed by atoms with Crippen LogP contribution in [0, 0.1) is 15.9 Å². The minimum absolute atomic E-state index is 0.0271. The van der Waals surface area contributed by atoms with Gasteiger partial charge in [0.15, 0.2) is 11.2 Å². The Bertz CT molecular complexity index is 1230. The average Bonchev–Trinajstić information content (AvgIpc) is 3.10. The zero-order valence-corrected chi connectivity index (χ0v) is 14.4. The predicted molar refractivity (Wildman–Crippen MR) is 97.3 cm³/mol. The van der Waals surface area contributed by atoms with E-state index >= 15 is 0 Å². The van der Waals surface area contributed by atoms with E-state index in [0.717, 1.165) is 0 Å². The number of nitro benzene ring substituents is 1. The molecule has 0 saturated heterocycles. The van der Waals surface area contributed by atoms with Gasteiger partial charge in [0.05, 0.1) is 18.0 Å². The minimum atomic E-state index is -0.489. The van der Waals surface area contributed by atoms with E-state index in [4.69, 9.17) is 0 Å². The first-order chi connectivity index (χ1) is 13.5. The topological polar surface area (TPSA) is 109 Å². The number of benzene rings is 2. The molecular formula is C18H13FN6O3. The van der Waals surface area contributed by atoms with Crippen LogP contribution in [0.1, 0.15) is 11.1 Å². The fourth-order valence-electron chi connectivity index (χ4n) is 2.81. The highest BCUT2D eigenvalue weighted by molar-refractivity contribution is 5.67. The number of non-ortho nitro benzene ring substituents is 1. The Kier molecular flexibility index (Phi) is 4.36. The maximum Gasteiger partial charge on any atom is 0.283 e. The molecule has 4 aromatic rings. The first-order valence-electron chi connectivity index (χ1n) is 8.28. The van der Waals surface area contributed by atoms with E-state index < -0.39 is 10.5 Å². The molecule has 0 aliphatic heterocycles. The zero-order chi connectivity index (χ0) is 19.7. The maximum absolute atomic E-state index is 13.9. The highest BCUT2D eigenvalue weighted by atomic mass is 19.1. The van der Waals surface area contributed by atoms with E-state index in [9.17, 15) is 19.3 Å². The molecule has 0 unspecified atom stereocenters. The van der Waals surface area contributed by atoms with Gasteiger partial charge in [0.1, 0.15) is 12.1 Å². The molecule has 2 aromatic carbocycles. The van der Waals surface area contributed by atoms with Gasteiger partial charge < -0.3 is 0 Å². The summed E-state index contributed by atoms with van der Waals surface area (Å²) < 4.78 is 16.6. The van der Waals surface area contributed by atoms with E-state index in [1.807, 2.05) is 0 Å². The Hall–Kier alpha value is -3.95. The molecule has 2 heterocycles. The molecule has 0 aliphatic carbocycles. The van der Waals surface area contributed by atoms with Crippen LogP contribution < -0.4 is 5.56 Å². The van der Waals surface area contributed by atoms with Crippen LogP contribution in [0.5, 0.6) is 0 Å². The zero-order valence-electron chi connectivity index (χ0n) is 14.4. The van der Waals surface area contributed by atoms with Gasteiger partial charge >= 0.3 is 0 Å². The molecule has 0 N–H and O–H groups in total. The second-order valence-corrected chi connectivity index (χ2v) is 6.11. The standard InChI is InChI=1S/C18H13FN6O3/c19-15-4-2-1-3-13(15)10-24-17-16(21-22-24)18(26)23(11-20-17)9-12-5-7-14(8-6-12)25(27)28/h1-8,11H,9-10H2. The van der Waals surface area contributed by atoms with Crippen molar-refractivity contribution in [3.63, 3.8) is 0 Å². The monoisotopic (exact) mass is 380 g/mol. The predicted octanol–water partition coefficient (Wildman–Crippen LogP) is 2.13. The van der Waals surface area contributed by atoms with E-state index in [-0.39, 0.29) is 35.8 Å². The third kappa shape index (κ3) is 3.22. The van der Waals surface area contributed by atoms with Crippen LogP contribution in [-0.2, 0) is 13.1 Å². The lowest BCUT2D eigenvalue weighted by atomic mass is 10.2. The van der Waals surface area contributed by atoms with Crippen LogP contribution >= 0.6 is 0 Å². The number of nitro groups is 1. The number of halogens is 1. The molecule has 0 atom stereocenters. The molecule has 2 aromatic heterocycles. The van der Waals surface area contributed by atoms with Crippen LogP contribution in [0.25, 0.3) is 11.2 Å². The van der Waals surface area contributed by atoms with Crippen molar-refractivity contribution in [1.82, 2.24) is 24.5 Å². The molecule has 140 valence electrons. The summed E-state index contributed by atoms with van der Waals surface area (Å²) in [6.45, 7) is 0.280. The van der Waals surface area contributed by atoms with Gasteiger partial charge in [-0.1, -0.05) is 35.5 Å². The molecule has 0 bridgehead atoms. The molecule has 0 spiro atoms. The maximum atomic E-state index is 13.9. The lowest BCUT2D eigenvalue weighted by Gasteiger charge is -2.06. The number of nitrogens with zero attached hydrogens (tertiary/aromatic N) is 6. The van der Waals surface area contributed by atoms with Crippen molar-refractivity contribution in [2.24, 2.45) is 0 Å². The molecule has 0 aliphatic rings. The molecule has 28 heavy (non-hydrogen) atoms. The third-order valence-corrected chi connectivity index (χ3v) is 4.27. The van der Waals surface area contributed by atoms with E-state index in [1.54, 1.807) is 30.3 Å². The van der Waals surface area contributed by atoms with Crippen LogP contribution in [0.3, 0.4) is 0 Å². The Morgan fingerprint density at radius 3 is 2.54 bits per heavy atom. The molecule has 9 nitrogen and oxygen atoms in total. The summed E-state index contributed by atoms with van der Waals surface area (Å²) in [7, 11) is 0. The van der Waals surface area contributed by atoms with Gasteiger partial charge in [-0.3, -0.25) is 19.5 Å². The second-order valence-electron chi connectivity index (χ2n) is 6.11. The van der Waals surface area contributed by atoms with Gasteiger partial charge in [-0.15, -0.1) is 5.10 Å².